The number of methoxy groups -OCH3 is 2. The van der Waals surface area contributed by atoms with E-state index in [2.05, 4.69) is 10.9 Å². The standard InChI is InChI=1S/C16H14Cl2N2O4/c1-23-11-5-10(6-12(8-11)24-2)16(22)20-19-15(21)9-3-4-13(17)14(18)7-9/h3-8H,1-2H3,(H,19,21)(H,20,22). The molecule has 8 heteroatoms. The molecule has 0 atom stereocenters. The van der Waals surface area contributed by atoms with Gasteiger partial charge in [0.2, 0.25) is 0 Å². The molecule has 0 radical (unpaired) electrons. The number of hydrogen-bond donors (Lipinski definition) is 2. The Kier molecular flexibility index (Phi) is 5.89. The summed E-state index contributed by atoms with van der Waals surface area (Å²) in [7, 11) is 2.95. The Morgan fingerprint density at radius 1 is 0.792 bits per heavy atom. The summed E-state index contributed by atoms with van der Waals surface area (Å²) in [6, 6.07) is 9.05. The van der Waals surface area contributed by atoms with Crippen LogP contribution in [0.5, 0.6) is 11.5 Å². The predicted octanol–water partition coefficient (Wildman–Crippen LogP) is 3.09. The summed E-state index contributed by atoms with van der Waals surface area (Å²) in [5.41, 5.74) is 5.13. The Balaban J connectivity index is 2.07. The van der Waals surface area contributed by atoms with E-state index in [9.17, 15) is 9.59 Å². The highest BCUT2D eigenvalue weighted by molar-refractivity contribution is 6.42. The minimum atomic E-state index is -0.531. The fourth-order valence-corrected chi connectivity index (χ4v) is 2.13. The first kappa shape index (κ1) is 17.9. The molecule has 0 bridgehead atoms. The van der Waals surface area contributed by atoms with Crippen LogP contribution in [0.1, 0.15) is 20.7 Å². The summed E-state index contributed by atoms with van der Waals surface area (Å²) in [5, 5.41) is 0.578. The average Bonchev–Trinajstić information content (AvgIpc) is 2.60. The number of carbonyl (C=O) groups is 2. The van der Waals surface area contributed by atoms with E-state index >= 15 is 0 Å². The lowest BCUT2D eigenvalue weighted by Gasteiger charge is -2.10. The van der Waals surface area contributed by atoms with Crippen LogP contribution >= 0.6 is 23.2 Å². The highest BCUT2D eigenvalue weighted by Crippen LogP contribution is 2.23. The van der Waals surface area contributed by atoms with Gasteiger partial charge in [0.05, 0.1) is 24.3 Å². The molecule has 0 spiro atoms. The minimum Gasteiger partial charge on any atom is -0.497 e. The minimum absolute atomic E-state index is 0.244. The molecule has 0 saturated carbocycles. The van der Waals surface area contributed by atoms with Gasteiger partial charge in [0.1, 0.15) is 11.5 Å². The quantitative estimate of drug-likeness (QED) is 0.813. The third-order valence-electron chi connectivity index (χ3n) is 3.08. The first-order valence-electron chi connectivity index (χ1n) is 6.73. The van der Waals surface area contributed by atoms with E-state index < -0.39 is 11.8 Å². The van der Waals surface area contributed by atoms with Gasteiger partial charge in [-0.05, 0) is 30.3 Å². The van der Waals surface area contributed by atoms with Gasteiger partial charge in [-0.1, -0.05) is 23.2 Å². The Hall–Kier alpha value is -2.44. The van der Waals surface area contributed by atoms with Crippen LogP contribution in [0.25, 0.3) is 0 Å². The van der Waals surface area contributed by atoms with E-state index in [4.69, 9.17) is 32.7 Å². The largest absolute Gasteiger partial charge is 0.497 e. The Bertz CT molecular complexity index is 758. The molecule has 0 heterocycles. The average molecular weight is 369 g/mol. The summed E-state index contributed by atoms with van der Waals surface area (Å²) in [4.78, 5) is 24.2. The van der Waals surface area contributed by atoms with E-state index in [0.29, 0.717) is 16.5 Å². The van der Waals surface area contributed by atoms with E-state index in [1.165, 1.54) is 44.6 Å². The van der Waals surface area contributed by atoms with Crippen LogP contribution in [0.2, 0.25) is 10.0 Å². The molecule has 6 nitrogen and oxygen atoms in total. The zero-order chi connectivity index (χ0) is 17.7. The van der Waals surface area contributed by atoms with Crippen molar-refractivity contribution in [3.63, 3.8) is 0 Å². The molecule has 2 aromatic carbocycles. The SMILES string of the molecule is COc1cc(OC)cc(C(=O)NNC(=O)c2ccc(Cl)c(Cl)c2)c1. The number of ether oxygens (including phenoxy) is 2. The first-order valence-corrected chi connectivity index (χ1v) is 7.49. The van der Waals surface area contributed by atoms with Gasteiger partial charge in [-0.3, -0.25) is 20.4 Å². The molecule has 0 saturated heterocycles. The van der Waals surface area contributed by atoms with Crippen molar-refractivity contribution in [2.45, 2.75) is 0 Å². The smallest absolute Gasteiger partial charge is 0.269 e. The van der Waals surface area contributed by atoms with Gasteiger partial charge in [0, 0.05) is 17.2 Å². The lowest BCUT2D eigenvalue weighted by atomic mass is 10.2. The number of benzene rings is 2. The number of carbonyl (C=O) groups excluding carboxylic acids is 2. The summed E-state index contributed by atoms with van der Waals surface area (Å²) in [6.07, 6.45) is 0. The number of rotatable bonds is 4. The van der Waals surface area contributed by atoms with Gasteiger partial charge in [-0.2, -0.15) is 0 Å². The second kappa shape index (κ2) is 7.90. The maximum Gasteiger partial charge on any atom is 0.269 e. The van der Waals surface area contributed by atoms with Crippen molar-refractivity contribution in [2.75, 3.05) is 14.2 Å². The Labute approximate surface area is 148 Å². The van der Waals surface area contributed by atoms with Crippen LogP contribution in [0.4, 0.5) is 0 Å². The van der Waals surface area contributed by atoms with Crippen LogP contribution in [0.3, 0.4) is 0 Å². The van der Waals surface area contributed by atoms with Crippen molar-refractivity contribution in [3.8, 4) is 11.5 Å². The molecule has 0 aliphatic heterocycles. The third-order valence-corrected chi connectivity index (χ3v) is 3.82. The van der Waals surface area contributed by atoms with Crippen molar-refractivity contribution in [2.24, 2.45) is 0 Å². The third kappa shape index (κ3) is 4.31. The second-order valence-corrected chi connectivity index (χ2v) is 5.45. The van der Waals surface area contributed by atoms with E-state index in [-0.39, 0.29) is 16.1 Å². The van der Waals surface area contributed by atoms with Gasteiger partial charge in [0.25, 0.3) is 11.8 Å². The van der Waals surface area contributed by atoms with Gasteiger partial charge < -0.3 is 9.47 Å². The second-order valence-electron chi connectivity index (χ2n) is 4.64. The van der Waals surface area contributed by atoms with E-state index in [1.54, 1.807) is 6.07 Å². The molecule has 2 N–H and O–H groups in total. The maximum atomic E-state index is 12.2. The molecular formula is C16H14Cl2N2O4. The zero-order valence-corrected chi connectivity index (χ0v) is 14.4. The van der Waals surface area contributed by atoms with Crippen LogP contribution < -0.4 is 20.3 Å². The van der Waals surface area contributed by atoms with Crippen LogP contribution in [0.15, 0.2) is 36.4 Å². The van der Waals surface area contributed by atoms with Gasteiger partial charge in [-0.25, -0.2) is 0 Å². The Morgan fingerprint density at radius 3 is 1.83 bits per heavy atom. The first-order chi connectivity index (χ1) is 11.4. The molecule has 0 aliphatic rings. The van der Waals surface area contributed by atoms with E-state index in [0.717, 1.165) is 0 Å². The number of hydrogen-bond acceptors (Lipinski definition) is 4. The van der Waals surface area contributed by atoms with Crippen molar-refractivity contribution in [3.05, 3.63) is 57.6 Å². The monoisotopic (exact) mass is 368 g/mol. The van der Waals surface area contributed by atoms with Crippen molar-refractivity contribution in [1.29, 1.82) is 0 Å². The number of halogens is 2. The highest BCUT2D eigenvalue weighted by Gasteiger charge is 2.12. The molecule has 0 fully saturated rings. The molecule has 2 aromatic rings. The maximum absolute atomic E-state index is 12.2. The lowest BCUT2D eigenvalue weighted by Crippen LogP contribution is -2.41. The molecule has 126 valence electrons. The molecule has 0 aromatic heterocycles. The topological polar surface area (TPSA) is 76.7 Å². The summed E-state index contributed by atoms with van der Waals surface area (Å²) >= 11 is 11.6. The predicted molar refractivity (Wildman–Crippen MR) is 90.9 cm³/mol. The van der Waals surface area contributed by atoms with Gasteiger partial charge in [-0.15, -0.1) is 0 Å². The molecule has 0 unspecified atom stereocenters. The number of hydrazine groups is 1. The van der Waals surface area contributed by atoms with Crippen molar-refractivity contribution >= 4 is 35.0 Å². The normalized spacial score (nSPS) is 10.0. The molecule has 24 heavy (non-hydrogen) atoms. The van der Waals surface area contributed by atoms with Crippen molar-refractivity contribution in [1.82, 2.24) is 10.9 Å². The van der Waals surface area contributed by atoms with Crippen LogP contribution in [0, 0.1) is 0 Å². The number of amides is 2. The zero-order valence-electron chi connectivity index (χ0n) is 12.9. The highest BCUT2D eigenvalue weighted by atomic mass is 35.5. The number of nitrogens with one attached hydrogen (secondary N) is 2. The fourth-order valence-electron chi connectivity index (χ4n) is 1.83. The van der Waals surface area contributed by atoms with Crippen molar-refractivity contribution < 1.29 is 19.1 Å². The molecule has 2 rings (SSSR count). The molecule has 0 aliphatic carbocycles. The lowest BCUT2D eigenvalue weighted by molar-refractivity contribution is 0.0846. The summed E-state index contributed by atoms with van der Waals surface area (Å²) in [6.45, 7) is 0. The fraction of sp³-hybridized carbons (Fsp3) is 0.125. The molecule has 2 amide bonds. The van der Waals surface area contributed by atoms with Gasteiger partial charge in [0.15, 0.2) is 0 Å². The van der Waals surface area contributed by atoms with Gasteiger partial charge >= 0.3 is 0 Å². The van der Waals surface area contributed by atoms with Crippen LogP contribution in [-0.4, -0.2) is 26.0 Å². The summed E-state index contributed by atoms with van der Waals surface area (Å²) < 4.78 is 10.2. The summed E-state index contributed by atoms with van der Waals surface area (Å²) in [5.74, 6) is -0.150. The van der Waals surface area contributed by atoms with Crippen LogP contribution in [-0.2, 0) is 0 Å². The Morgan fingerprint density at radius 2 is 1.33 bits per heavy atom. The molecular weight excluding hydrogens is 355 g/mol. The van der Waals surface area contributed by atoms with E-state index in [1.807, 2.05) is 0 Å².